The summed E-state index contributed by atoms with van der Waals surface area (Å²) in [4.78, 5) is 9.10. The normalized spacial score (nSPS) is 18.7. The van der Waals surface area contributed by atoms with Gasteiger partial charge in [-0.3, -0.25) is 4.57 Å². The average molecular weight is 297 g/mol. The van der Waals surface area contributed by atoms with Gasteiger partial charge in [0.05, 0.1) is 0 Å². The van der Waals surface area contributed by atoms with E-state index in [9.17, 15) is 4.39 Å². The summed E-state index contributed by atoms with van der Waals surface area (Å²) in [5, 5.41) is 0. The van der Waals surface area contributed by atoms with Crippen molar-refractivity contribution in [3.63, 3.8) is 0 Å². The summed E-state index contributed by atoms with van der Waals surface area (Å²) in [6.45, 7) is 0.736. The summed E-state index contributed by atoms with van der Waals surface area (Å²) in [6.07, 6.45) is 4.77. The van der Waals surface area contributed by atoms with E-state index >= 15 is 0 Å². The van der Waals surface area contributed by atoms with Crippen molar-refractivity contribution in [2.45, 2.75) is 25.5 Å². The van der Waals surface area contributed by atoms with Gasteiger partial charge < -0.3 is 4.74 Å². The molecule has 0 bridgehead atoms. The molecule has 1 unspecified atom stereocenters. The van der Waals surface area contributed by atoms with Crippen LogP contribution in [0.2, 0.25) is 0 Å². The minimum absolute atomic E-state index is 0.0908. The minimum Gasteiger partial charge on any atom is -0.358 e. The SMILES string of the molecule is Fc1cccc(-c2nc3cccnc3n2C2CCCCO2)c1. The topological polar surface area (TPSA) is 39.9 Å². The van der Waals surface area contributed by atoms with E-state index < -0.39 is 0 Å². The van der Waals surface area contributed by atoms with E-state index in [1.165, 1.54) is 12.1 Å². The van der Waals surface area contributed by atoms with Gasteiger partial charge >= 0.3 is 0 Å². The van der Waals surface area contributed by atoms with Crippen LogP contribution in [0.3, 0.4) is 0 Å². The van der Waals surface area contributed by atoms with E-state index in [1.807, 2.05) is 22.8 Å². The van der Waals surface area contributed by atoms with Crippen molar-refractivity contribution in [1.82, 2.24) is 14.5 Å². The van der Waals surface area contributed by atoms with Gasteiger partial charge in [0.1, 0.15) is 23.4 Å². The first-order valence-corrected chi connectivity index (χ1v) is 7.53. The number of hydrogen-bond donors (Lipinski definition) is 0. The second-order valence-electron chi connectivity index (χ2n) is 5.48. The van der Waals surface area contributed by atoms with E-state index in [-0.39, 0.29) is 12.0 Å². The van der Waals surface area contributed by atoms with Crippen molar-refractivity contribution in [3.05, 3.63) is 48.4 Å². The summed E-state index contributed by atoms with van der Waals surface area (Å²) in [7, 11) is 0. The molecule has 5 heteroatoms. The summed E-state index contributed by atoms with van der Waals surface area (Å²) >= 11 is 0. The van der Waals surface area contributed by atoms with Gasteiger partial charge in [-0.1, -0.05) is 12.1 Å². The van der Waals surface area contributed by atoms with Crippen molar-refractivity contribution in [1.29, 1.82) is 0 Å². The fraction of sp³-hybridized carbons (Fsp3) is 0.294. The lowest BCUT2D eigenvalue weighted by Gasteiger charge is -2.25. The van der Waals surface area contributed by atoms with Crippen LogP contribution in [0.25, 0.3) is 22.6 Å². The predicted molar refractivity (Wildman–Crippen MR) is 81.8 cm³/mol. The Kier molecular flexibility index (Phi) is 3.35. The van der Waals surface area contributed by atoms with Gasteiger partial charge in [-0.25, -0.2) is 14.4 Å². The Bertz CT molecular complexity index is 809. The van der Waals surface area contributed by atoms with Gasteiger partial charge in [-0.2, -0.15) is 0 Å². The monoisotopic (exact) mass is 297 g/mol. The summed E-state index contributed by atoms with van der Waals surface area (Å²) in [5.74, 6) is 0.439. The van der Waals surface area contributed by atoms with E-state index in [0.29, 0.717) is 5.82 Å². The predicted octanol–water partition coefficient (Wildman–Crippen LogP) is 3.94. The molecule has 3 heterocycles. The Morgan fingerprint density at radius 3 is 2.95 bits per heavy atom. The van der Waals surface area contributed by atoms with Crippen LogP contribution < -0.4 is 0 Å². The van der Waals surface area contributed by atoms with Crippen molar-refractivity contribution < 1.29 is 9.13 Å². The number of imidazole rings is 1. The van der Waals surface area contributed by atoms with Crippen LogP contribution in [0.15, 0.2) is 42.6 Å². The zero-order valence-electron chi connectivity index (χ0n) is 12.1. The highest BCUT2D eigenvalue weighted by Crippen LogP contribution is 2.32. The largest absolute Gasteiger partial charge is 0.358 e. The molecule has 22 heavy (non-hydrogen) atoms. The lowest BCUT2D eigenvalue weighted by molar-refractivity contribution is -0.0287. The molecule has 1 aliphatic heterocycles. The number of aromatic nitrogens is 3. The third-order valence-corrected chi connectivity index (χ3v) is 3.98. The van der Waals surface area contributed by atoms with Crippen LogP contribution in [-0.4, -0.2) is 21.1 Å². The quantitative estimate of drug-likeness (QED) is 0.719. The summed E-state index contributed by atoms with van der Waals surface area (Å²) in [6, 6.07) is 10.3. The number of fused-ring (bicyclic) bond motifs is 1. The molecule has 0 N–H and O–H groups in total. The van der Waals surface area contributed by atoms with Crippen LogP contribution in [0.4, 0.5) is 4.39 Å². The molecule has 1 atom stereocenters. The maximum atomic E-state index is 13.6. The highest BCUT2D eigenvalue weighted by atomic mass is 19.1. The molecule has 1 aromatic carbocycles. The number of hydrogen-bond acceptors (Lipinski definition) is 3. The number of pyridine rings is 1. The lowest BCUT2D eigenvalue weighted by atomic mass is 10.1. The van der Waals surface area contributed by atoms with Crippen LogP contribution in [0.1, 0.15) is 25.5 Å². The van der Waals surface area contributed by atoms with Gasteiger partial charge in [0.2, 0.25) is 0 Å². The van der Waals surface area contributed by atoms with Gasteiger partial charge in [0.25, 0.3) is 0 Å². The number of rotatable bonds is 2. The molecule has 2 aromatic heterocycles. The van der Waals surface area contributed by atoms with E-state index in [0.717, 1.165) is 42.6 Å². The highest BCUT2D eigenvalue weighted by Gasteiger charge is 2.23. The number of benzene rings is 1. The fourth-order valence-electron chi connectivity index (χ4n) is 2.96. The molecule has 112 valence electrons. The molecule has 0 saturated carbocycles. The molecule has 1 aliphatic rings. The standard InChI is InChI=1S/C17H16FN3O/c18-13-6-3-5-12(11-13)16-20-14-7-4-9-19-17(14)21(16)15-8-1-2-10-22-15/h3-7,9,11,15H,1-2,8,10H2. The third-order valence-electron chi connectivity index (χ3n) is 3.98. The van der Waals surface area contributed by atoms with E-state index in [1.54, 1.807) is 12.3 Å². The molecule has 4 nitrogen and oxygen atoms in total. The molecule has 1 saturated heterocycles. The van der Waals surface area contributed by atoms with Crippen LogP contribution in [0, 0.1) is 5.82 Å². The average Bonchev–Trinajstić information content (AvgIpc) is 2.95. The third kappa shape index (κ3) is 2.27. The first-order valence-electron chi connectivity index (χ1n) is 7.53. The second kappa shape index (κ2) is 5.50. The molecular formula is C17H16FN3O. The Balaban J connectivity index is 1.93. The van der Waals surface area contributed by atoms with Gasteiger partial charge in [0, 0.05) is 18.4 Å². The van der Waals surface area contributed by atoms with Crippen molar-refractivity contribution in [3.8, 4) is 11.4 Å². The van der Waals surface area contributed by atoms with Crippen LogP contribution in [-0.2, 0) is 4.74 Å². The first-order chi connectivity index (χ1) is 10.8. The highest BCUT2D eigenvalue weighted by molar-refractivity contribution is 5.77. The number of nitrogens with zero attached hydrogens (tertiary/aromatic N) is 3. The Morgan fingerprint density at radius 1 is 1.18 bits per heavy atom. The molecule has 0 radical (unpaired) electrons. The van der Waals surface area contributed by atoms with Crippen molar-refractivity contribution in [2.75, 3.05) is 6.61 Å². The maximum Gasteiger partial charge on any atom is 0.162 e. The zero-order chi connectivity index (χ0) is 14.9. The van der Waals surface area contributed by atoms with Gasteiger partial charge in [-0.15, -0.1) is 0 Å². The number of ether oxygens (including phenoxy) is 1. The molecule has 1 fully saturated rings. The molecule has 4 rings (SSSR count). The Morgan fingerprint density at radius 2 is 2.14 bits per heavy atom. The zero-order valence-corrected chi connectivity index (χ0v) is 12.1. The minimum atomic E-state index is -0.270. The Hall–Kier alpha value is -2.27. The van der Waals surface area contributed by atoms with Crippen LogP contribution in [0.5, 0.6) is 0 Å². The van der Waals surface area contributed by atoms with Crippen molar-refractivity contribution in [2.24, 2.45) is 0 Å². The van der Waals surface area contributed by atoms with Gasteiger partial charge in [0.15, 0.2) is 5.65 Å². The van der Waals surface area contributed by atoms with Gasteiger partial charge in [-0.05, 0) is 43.5 Å². The summed E-state index contributed by atoms with van der Waals surface area (Å²) in [5.41, 5.74) is 2.33. The lowest BCUT2D eigenvalue weighted by Crippen LogP contribution is -2.19. The smallest absolute Gasteiger partial charge is 0.162 e. The molecule has 3 aromatic rings. The number of halogens is 1. The second-order valence-corrected chi connectivity index (χ2v) is 5.48. The van der Waals surface area contributed by atoms with Crippen LogP contribution >= 0.6 is 0 Å². The van der Waals surface area contributed by atoms with Crippen molar-refractivity contribution >= 4 is 11.2 Å². The molecule has 0 spiro atoms. The first kappa shape index (κ1) is 13.4. The Labute approximate surface area is 127 Å². The maximum absolute atomic E-state index is 13.6. The fourth-order valence-corrected chi connectivity index (χ4v) is 2.96. The molecule has 0 amide bonds. The molecular weight excluding hydrogens is 281 g/mol. The molecule has 0 aliphatic carbocycles. The summed E-state index contributed by atoms with van der Waals surface area (Å²) < 4.78 is 21.5. The van der Waals surface area contributed by atoms with E-state index in [4.69, 9.17) is 4.74 Å². The van der Waals surface area contributed by atoms with E-state index in [2.05, 4.69) is 9.97 Å².